The van der Waals surface area contributed by atoms with Gasteiger partial charge >= 0.3 is 5.97 Å². The first-order valence-electron chi connectivity index (χ1n) is 12.8. The molecule has 0 aromatic heterocycles. The summed E-state index contributed by atoms with van der Waals surface area (Å²) < 4.78 is 10.3. The van der Waals surface area contributed by atoms with Gasteiger partial charge in [0.15, 0.2) is 12.4 Å². The van der Waals surface area contributed by atoms with Crippen LogP contribution in [0.3, 0.4) is 0 Å². The molecule has 3 aliphatic rings. The first kappa shape index (κ1) is 24.1. The van der Waals surface area contributed by atoms with Crippen LogP contribution < -0.4 is 9.64 Å². The molecule has 3 aromatic rings. The van der Waals surface area contributed by atoms with Crippen molar-refractivity contribution in [3.63, 3.8) is 0 Å². The normalized spacial score (nSPS) is 25.4. The average molecular weight is 510 g/mol. The molecule has 0 unspecified atom stereocenters. The fraction of sp³-hybridized carbons (Fsp3) is 0.290. The average Bonchev–Trinajstić information content (AvgIpc) is 3.63. The molecule has 2 saturated carbocycles. The van der Waals surface area contributed by atoms with Gasteiger partial charge in [0, 0.05) is 5.56 Å². The molecule has 5 atom stereocenters. The van der Waals surface area contributed by atoms with Crippen molar-refractivity contribution in [2.24, 2.45) is 23.7 Å². The highest BCUT2D eigenvalue weighted by molar-refractivity contribution is 6.22. The van der Waals surface area contributed by atoms with Crippen molar-refractivity contribution < 1.29 is 28.7 Å². The molecule has 0 radical (unpaired) electrons. The van der Waals surface area contributed by atoms with Gasteiger partial charge in [-0.1, -0.05) is 42.5 Å². The summed E-state index contributed by atoms with van der Waals surface area (Å²) in [5, 5.41) is 0. The molecule has 3 fully saturated rings. The fourth-order valence-corrected chi connectivity index (χ4v) is 6.64. The van der Waals surface area contributed by atoms with Crippen LogP contribution in [0.2, 0.25) is 0 Å². The fourth-order valence-electron chi connectivity index (χ4n) is 6.64. The molecule has 3 aromatic carbocycles. The Hall–Kier alpha value is -4.26. The number of Topliss-reactive ketones (excluding diaryl/α,β-unsaturated/α-hetero) is 1. The molecule has 0 spiro atoms. The predicted octanol–water partition coefficient (Wildman–Crippen LogP) is 4.66. The standard InChI is InChI=1S/C31H27NO6/c1-37-23-9-5-8-20(14-23)26(33)17-38-31(36)19-10-12-22(13-11-19)32-29(34)27-21-15-24(18-6-3-2-4-7-18)25(16-21)28(27)30(32)35/h2-14,21,24-25,27-28H,15-17H2,1H3/t21-,24-,25-,27-,28+/m1/s1. The zero-order valence-corrected chi connectivity index (χ0v) is 20.9. The third-order valence-corrected chi connectivity index (χ3v) is 8.33. The zero-order valence-electron chi connectivity index (χ0n) is 20.9. The van der Waals surface area contributed by atoms with Crippen LogP contribution in [0.15, 0.2) is 78.9 Å². The zero-order chi connectivity index (χ0) is 26.4. The summed E-state index contributed by atoms with van der Waals surface area (Å²) in [5.74, 6) is -0.626. The summed E-state index contributed by atoms with van der Waals surface area (Å²) in [6.07, 6.45) is 1.85. The quantitative estimate of drug-likeness (QED) is 0.261. The molecule has 192 valence electrons. The van der Waals surface area contributed by atoms with Crippen molar-refractivity contribution in [3.05, 3.63) is 95.6 Å². The third-order valence-electron chi connectivity index (χ3n) is 8.33. The van der Waals surface area contributed by atoms with Gasteiger partial charge in [0.2, 0.25) is 11.8 Å². The molecule has 2 amide bonds. The maximum atomic E-state index is 13.5. The molecule has 7 nitrogen and oxygen atoms in total. The van der Waals surface area contributed by atoms with Crippen LogP contribution >= 0.6 is 0 Å². The lowest BCUT2D eigenvalue weighted by Gasteiger charge is -2.28. The molecule has 2 aliphatic carbocycles. The van der Waals surface area contributed by atoms with Gasteiger partial charge in [-0.25, -0.2) is 4.79 Å². The van der Waals surface area contributed by atoms with E-state index in [2.05, 4.69) is 12.1 Å². The van der Waals surface area contributed by atoms with Crippen molar-refractivity contribution in [1.82, 2.24) is 0 Å². The Kier molecular flexibility index (Phi) is 6.06. The smallest absolute Gasteiger partial charge is 0.338 e. The van der Waals surface area contributed by atoms with Crippen LogP contribution in [0.4, 0.5) is 5.69 Å². The van der Waals surface area contributed by atoms with Gasteiger partial charge in [-0.2, -0.15) is 0 Å². The highest BCUT2D eigenvalue weighted by atomic mass is 16.5. The second-order valence-electron chi connectivity index (χ2n) is 10.3. The highest BCUT2D eigenvalue weighted by Gasteiger charge is 2.64. The molecule has 2 bridgehead atoms. The number of benzene rings is 3. The molecule has 1 aliphatic heterocycles. The minimum atomic E-state index is -0.660. The number of amides is 2. The number of fused-ring (bicyclic) bond motifs is 5. The van der Waals surface area contributed by atoms with Crippen molar-refractivity contribution >= 4 is 29.3 Å². The Bertz CT molecular complexity index is 1420. The Labute approximate surface area is 220 Å². The van der Waals surface area contributed by atoms with E-state index in [9.17, 15) is 19.2 Å². The molecule has 6 rings (SSSR count). The number of hydrogen-bond acceptors (Lipinski definition) is 6. The maximum absolute atomic E-state index is 13.5. The van der Waals surface area contributed by atoms with E-state index in [1.165, 1.54) is 29.7 Å². The van der Waals surface area contributed by atoms with E-state index in [0.29, 0.717) is 22.9 Å². The van der Waals surface area contributed by atoms with Gasteiger partial charge < -0.3 is 9.47 Å². The molecular formula is C31H27NO6. The van der Waals surface area contributed by atoms with Crippen LogP contribution in [0.1, 0.15) is 45.0 Å². The molecule has 38 heavy (non-hydrogen) atoms. The summed E-state index contributed by atoms with van der Waals surface area (Å²) in [7, 11) is 1.51. The van der Waals surface area contributed by atoms with Crippen molar-refractivity contribution in [3.8, 4) is 5.75 Å². The number of ether oxygens (including phenoxy) is 2. The third kappa shape index (κ3) is 3.99. The van der Waals surface area contributed by atoms with Crippen molar-refractivity contribution in [1.29, 1.82) is 0 Å². The van der Waals surface area contributed by atoms with Gasteiger partial charge in [-0.3, -0.25) is 19.3 Å². The van der Waals surface area contributed by atoms with Crippen LogP contribution in [-0.2, 0) is 14.3 Å². The van der Waals surface area contributed by atoms with Crippen LogP contribution in [0, 0.1) is 23.7 Å². The number of esters is 1. The Morgan fingerprint density at radius 1 is 0.842 bits per heavy atom. The predicted molar refractivity (Wildman–Crippen MR) is 139 cm³/mol. The number of imide groups is 1. The summed E-state index contributed by atoms with van der Waals surface area (Å²) >= 11 is 0. The monoisotopic (exact) mass is 509 g/mol. The first-order valence-corrected chi connectivity index (χ1v) is 12.8. The Morgan fingerprint density at radius 3 is 2.32 bits per heavy atom. The van der Waals surface area contributed by atoms with E-state index in [-0.39, 0.29) is 46.8 Å². The second kappa shape index (κ2) is 9.56. The largest absolute Gasteiger partial charge is 0.497 e. The number of methoxy groups -OCH3 is 1. The number of rotatable bonds is 7. The summed E-state index contributed by atoms with van der Waals surface area (Å²) in [6.45, 7) is -0.411. The van der Waals surface area contributed by atoms with Crippen molar-refractivity contribution in [2.75, 3.05) is 18.6 Å². The molecular weight excluding hydrogens is 482 g/mol. The minimum Gasteiger partial charge on any atom is -0.497 e. The number of hydrogen-bond donors (Lipinski definition) is 0. The maximum Gasteiger partial charge on any atom is 0.338 e. The topological polar surface area (TPSA) is 90.0 Å². The van der Waals surface area contributed by atoms with Crippen LogP contribution in [-0.4, -0.2) is 37.3 Å². The molecule has 7 heteroatoms. The van der Waals surface area contributed by atoms with Gasteiger partial charge in [0.05, 0.1) is 30.2 Å². The molecule has 1 heterocycles. The van der Waals surface area contributed by atoms with E-state index < -0.39 is 12.6 Å². The van der Waals surface area contributed by atoms with E-state index in [1.54, 1.807) is 36.4 Å². The Balaban J connectivity index is 1.13. The van der Waals surface area contributed by atoms with Gasteiger partial charge in [-0.05, 0) is 72.6 Å². The number of carbonyl (C=O) groups excluding carboxylic acids is 4. The van der Waals surface area contributed by atoms with Gasteiger partial charge in [0.25, 0.3) is 0 Å². The number of nitrogens with zero attached hydrogens (tertiary/aromatic N) is 1. The van der Waals surface area contributed by atoms with Gasteiger partial charge in [0.1, 0.15) is 5.75 Å². The van der Waals surface area contributed by atoms with Crippen LogP contribution in [0.5, 0.6) is 5.75 Å². The Morgan fingerprint density at radius 2 is 1.58 bits per heavy atom. The number of ketones is 1. The first-order chi connectivity index (χ1) is 18.5. The highest BCUT2D eigenvalue weighted by Crippen LogP contribution is 2.61. The summed E-state index contributed by atoms with van der Waals surface area (Å²) in [6, 6.07) is 23.1. The van der Waals surface area contributed by atoms with Crippen LogP contribution in [0.25, 0.3) is 0 Å². The lowest BCUT2D eigenvalue weighted by Crippen LogP contribution is -2.33. The number of carbonyl (C=O) groups is 4. The summed E-state index contributed by atoms with van der Waals surface area (Å²) in [5.41, 5.74) is 2.31. The van der Waals surface area contributed by atoms with E-state index in [0.717, 1.165) is 12.8 Å². The van der Waals surface area contributed by atoms with E-state index >= 15 is 0 Å². The second-order valence-corrected chi connectivity index (χ2v) is 10.3. The lowest BCUT2D eigenvalue weighted by molar-refractivity contribution is -0.123. The summed E-state index contributed by atoms with van der Waals surface area (Å²) in [4.78, 5) is 53.1. The SMILES string of the molecule is COc1cccc(C(=O)COC(=O)c2ccc(N3C(=O)[C@@H]4[C@H]5C[C@@H]([C@@H]4C3=O)[C@@H](c3ccccc3)C5)cc2)c1. The molecule has 1 saturated heterocycles. The lowest BCUT2D eigenvalue weighted by atomic mass is 9.73. The molecule has 0 N–H and O–H groups in total. The minimum absolute atomic E-state index is 0.141. The van der Waals surface area contributed by atoms with Crippen molar-refractivity contribution in [2.45, 2.75) is 18.8 Å². The number of anilines is 1. The van der Waals surface area contributed by atoms with E-state index in [4.69, 9.17) is 9.47 Å². The van der Waals surface area contributed by atoms with E-state index in [1.807, 2.05) is 18.2 Å². The van der Waals surface area contributed by atoms with Gasteiger partial charge in [-0.15, -0.1) is 0 Å².